The summed E-state index contributed by atoms with van der Waals surface area (Å²) in [6.45, 7) is 0. The monoisotopic (exact) mass is 316 g/mol. The molecule has 5 nitrogen and oxygen atoms in total. The summed E-state index contributed by atoms with van der Waals surface area (Å²) in [4.78, 5) is 0.282. The first-order chi connectivity index (χ1) is 10.7. The molecular weight excluding hydrogens is 300 g/mol. The Balaban J connectivity index is 1.74. The number of rotatable bonds is 4. The maximum atomic E-state index is 12.9. The third-order valence-electron chi connectivity index (χ3n) is 4.16. The van der Waals surface area contributed by atoms with E-state index in [9.17, 15) is 8.42 Å². The quantitative estimate of drug-likeness (QED) is 0.871. The Kier molecular flexibility index (Phi) is 3.07. The Morgan fingerprint density at radius 2 is 1.86 bits per heavy atom. The highest BCUT2D eigenvalue weighted by Crippen LogP contribution is 2.42. The number of hydrogen-bond donors (Lipinski definition) is 0. The fourth-order valence-electron chi connectivity index (χ4n) is 2.86. The molecule has 1 fully saturated rings. The maximum Gasteiger partial charge on any atom is 0.279 e. The van der Waals surface area contributed by atoms with Crippen molar-refractivity contribution in [3.63, 3.8) is 0 Å². The molecule has 0 unspecified atom stereocenters. The third-order valence-corrected chi connectivity index (χ3v) is 5.88. The zero-order chi connectivity index (χ0) is 15.2. The smallest absolute Gasteiger partial charge is 0.279 e. The maximum absolute atomic E-state index is 12.9. The average molecular weight is 316 g/mol. The van der Waals surface area contributed by atoms with E-state index in [0.29, 0.717) is 23.8 Å². The van der Waals surface area contributed by atoms with Crippen LogP contribution >= 0.6 is 0 Å². The molecule has 6 heteroatoms. The van der Waals surface area contributed by atoms with Crippen LogP contribution in [-0.2, 0) is 10.0 Å². The minimum absolute atomic E-state index is 0.0923. The number of hydrogen-bond acceptors (Lipinski definition) is 4. The van der Waals surface area contributed by atoms with Crippen LogP contribution in [0.5, 0.6) is 0 Å². The van der Waals surface area contributed by atoms with Crippen LogP contribution in [0.2, 0.25) is 0 Å². The lowest BCUT2D eigenvalue weighted by Crippen LogP contribution is -2.34. The highest BCUT2D eigenvalue weighted by molar-refractivity contribution is 7.89. The van der Waals surface area contributed by atoms with E-state index >= 15 is 0 Å². The van der Waals surface area contributed by atoms with E-state index in [-0.39, 0.29) is 10.9 Å². The molecule has 0 amide bonds. The van der Waals surface area contributed by atoms with Gasteiger partial charge >= 0.3 is 0 Å². The highest BCUT2D eigenvalue weighted by Gasteiger charge is 2.45. The summed E-state index contributed by atoms with van der Waals surface area (Å²) in [7, 11) is -3.61. The van der Waals surface area contributed by atoms with Crippen LogP contribution in [0.25, 0.3) is 0 Å². The molecule has 0 N–H and O–H groups in total. The minimum atomic E-state index is -3.61. The molecule has 0 spiro atoms. The van der Waals surface area contributed by atoms with Crippen molar-refractivity contribution < 1.29 is 12.8 Å². The second kappa shape index (κ2) is 4.98. The van der Waals surface area contributed by atoms with Crippen molar-refractivity contribution in [3.05, 3.63) is 54.5 Å². The van der Waals surface area contributed by atoms with Gasteiger partial charge in [-0.15, -0.1) is 0 Å². The van der Waals surface area contributed by atoms with E-state index in [1.165, 1.54) is 4.41 Å². The van der Waals surface area contributed by atoms with E-state index in [2.05, 4.69) is 5.10 Å². The van der Waals surface area contributed by atoms with Gasteiger partial charge in [-0.25, -0.2) is 0 Å². The Labute approximate surface area is 129 Å². The molecule has 4 rings (SSSR count). The van der Waals surface area contributed by atoms with Gasteiger partial charge in [0.15, 0.2) is 0 Å². The Hall–Kier alpha value is -2.08. The predicted molar refractivity (Wildman–Crippen MR) is 81.8 cm³/mol. The van der Waals surface area contributed by atoms with Crippen molar-refractivity contribution in [2.45, 2.75) is 30.2 Å². The van der Waals surface area contributed by atoms with E-state index in [1.54, 1.807) is 42.7 Å². The van der Waals surface area contributed by atoms with Crippen molar-refractivity contribution in [1.82, 2.24) is 4.41 Å². The molecule has 114 valence electrons. The SMILES string of the molecule is O=S(=O)(c1ccccc1)N1N=C(c2ccco2)C[C@@H]1C1CC1. The van der Waals surface area contributed by atoms with E-state index < -0.39 is 10.0 Å². The fourth-order valence-corrected chi connectivity index (χ4v) is 4.39. The van der Waals surface area contributed by atoms with E-state index in [4.69, 9.17) is 4.42 Å². The fraction of sp³-hybridized carbons (Fsp3) is 0.312. The lowest BCUT2D eigenvalue weighted by Gasteiger charge is -2.22. The first-order valence-corrected chi connectivity index (χ1v) is 8.81. The number of sulfonamides is 1. The summed E-state index contributed by atoms with van der Waals surface area (Å²) < 4.78 is 32.4. The van der Waals surface area contributed by atoms with Crippen molar-refractivity contribution in [2.75, 3.05) is 0 Å². The summed E-state index contributed by atoms with van der Waals surface area (Å²) in [5.41, 5.74) is 0.710. The Morgan fingerprint density at radius 3 is 2.50 bits per heavy atom. The van der Waals surface area contributed by atoms with Crippen molar-refractivity contribution in [1.29, 1.82) is 0 Å². The van der Waals surface area contributed by atoms with Crippen LogP contribution in [-0.4, -0.2) is 24.6 Å². The molecule has 0 bridgehead atoms. The summed E-state index contributed by atoms with van der Waals surface area (Å²) >= 11 is 0. The average Bonchev–Trinajstić information content (AvgIpc) is 3.05. The molecule has 2 heterocycles. The van der Waals surface area contributed by atoms with Crippen molar-refractivity contribution in [3.8, 4) is 0 Å². The zero-order valence-corrected chi connectivity index (χ0v) is 12.7. The normalized spacial score (nSPS) is 21.9. The van der Waals surface area contributed by atoms with Gasteiger partial charge in [-0.1, -0.05) is 18.2 Å². The van der Waals surface area contributed by atoms with Crippen LogP contribution < -0.4 is 0 Å². The van der Waals surface area contributed by atoms with Crippen molar-refractivity contribution >= 4 is 15.7 Å². The molecule has 1 atom stereocenters. The molecule has 1 aliphatic heterocycles. The van der Waals surface area contributed by atoms with Gasteiger partial charge in [0.2, 0.25) is 0 Å². The predicted octanol–water partition coefficient (Wildman–Crippen LogP) is 2.86. The zero-order valence-electron chi connectivity index (χ0n) is 11.9. The van der Waals surface area contributed by atoms with Crippen LogP contribution in [0.1, 0.15) is 25.0 Å². The summed E-state index contributed by atoms with van der Waals surface area (Å²) in [5.74, 6) is 1.05. The standard InChI is InChI=1S/C16H16N2O3S/c19-22(20,13-5-2-1-3-6-13)18-15(12-8-9-12)11-14(17-18)16-7-4-10-21-16/h1-7,10,12,15H,8-9,11H2/t15-/m1/s1. The molecule has 1 saturated carbocycles. The van der Waals surface area contributed by atoms with Gasteiger partial charge < -0.3 is 4.42 Å². The Morgan fingerprint density at radius 1 is 1.09 bits per heavy atom. The molecular formula is C16H16N2O3S. The van der Waals surface area contributed by atoms with Crippen LogP contribution in [0.15, 0.2) is 63.1 Å². The van der Waals surface area contributed by atoms with Gasteiger partial charge in [0.25, 0.3) is 10.0 Å². The van der Waals surface area contributed by atoms with E-state index in [1.807, 2.05) is 6.07 Å². The molecule has 22 heavy (non-hydrogen) atoms. The number of nitrogens with zero attached hydrogens (tertiary/aromatic N) is 2. The molecule has 1 aliphatic carbocycles. The largest absolute Gasteiger partial charge is 0.463 e. The van der Waals surface area contributed by atoms with Gasteiger partial charge in [0.1, 0.15) is 11.5 Å². The van der Waals surface area contributed by atoms with Gasteiger partial charge in [-0.05, 0) is 43.0 Å². The first-order valence-electron chi connectivity index (χ1n) is 7.37. The van der Waals surface area contributed by atoms with Crippen LogP contribution in [0, 0.1) is 5.92 Å². The van der Waals surface area contributed by atoms with Gasteiger partial charge in [0.05, 0.1) is 17.2 Å². The number of furan rings is 1. The minimum Gasteiger partial charge on any atom is -0.463 e. The second-order valence-corrected chi connectivity index (χ2v) is 7.52. The molecule has 0 radical (unpaired) electrons. The third kappa shape index (κ3) is 2.23. The Bertz CT molecular complexity index is 793. The van der Waals surface area contributed by atoms with Crippen LogP contribution in [0.3, 0.4) is 0 Å². The number of hydrazone groups is 1. The second-order valence-electron chi connectivity index (χ2n) is 5.72. The molecule has 2 aliphatic rings. The topological polar surface area (TPSA) is 62.9 Å². The molecule has 1 aromatic heterocycles. The number of benzene rings is 1. The molecule has 1 aromatic carbocycles. The summed E-state index contributed by atoms with van der Waals surface area (Å²) in [5, 5.41) is 4.39. The van der Waals surface area contributed by atoms with Gasteiger partial charge in [-0.3, -0.25) is 0 Å². The van der Waals surface area contributed by atoms with Gasteiger partial charge in [0, 0.05) is 6.42 Å². The summed E-state index contributed by atoms with van der Waals surface area (Å²) in [6.07, 6.45) is 4.32. The van der Waals surface area contributed by atoms with Crippen molar-refractivity contribution in [2.24, 2.45) is 11.0 Å². The highest BCUT2D eigenvalue weighted by atomic mass is 32.2. The van der Waals surface area contributed by atoms with Crippen LogP contribution in [0.4, 0.5) is 0 Å². The molecule has 2 aromatic rings. The summed E-state index contributed by atoms with van der Waals surface area (Å²) in [6, 6.07) is 12.0. The first kappa shape index (κ1) is 13.6. The lowest BCUT2D eigenvalue weighted by atomic mass is 10.1. The van der Waals surface area contributed by atoms with E-state index in [0.717, 1.165) is 12.8 Å². The molecule has 0 saturated heterocycles. The van der Waals surface area contributed by atoms with Gasteiger partial charge in [-0.2, -0.15) is 17.9 Å². The lowest BCUT2D eigenvalue weighted by molar-refractivity contribution is 0.333.